The quantitative estimate of drug-likeness (QED) is 0.900. The maximum atomic E-state index is 5.34. The van der Waals surface area contributed by atoms with E-state index in [0.29, 0.717) is 18.0 Å². The van der Waals surface area contributed by atoms with E-state index in [1.54, 1.807) is 13.3 Å². The molecule has 0 aromatic carbocycles. The van der Waals surface area contributed by atoms with Crippen LogP contribution in [0.1, 0.15) is 26.3 Å². The van der Waals surface area contributed by atoms with Gasteiger partial charge in [-0.15, -0.1) is 0 Å². The molecule has 1 fully saturated rings. The van der Waals surface area contributed by atoms with E-state index in [4.69, 9.17) is 4.74 Å². The summed E-state index contributed by atoms with van der Waals surface area (Å²) in [6, 6.07) is 5.19. The predicted molar refractivity (Wildman–Crippen MR) is 77.3 cm³/mol. The van der Waals surface area contributed by atoms with Crippen LogP contribution < -0.4 is 10.1 Å². The van der Waals surface area contributed by atoms with E-state index in [1.165, 1.54) is 5.56 Å². The average molecular weight is 263 g/mol. The van der Waals surface area contributed by atoms with Gasteiger partial charge in [-0.2, -0.15) is 0 Å². The molecule has 4 heteroatoms. The summed E-state index contributed by atoms with van der Waals surface area (Å²) >= 11 is 0. The zero-order valence-corrected chi connectivity index (χ0v) is 12.4. The van der Waals surface area contributed by atoms with Crippen LogP contribution in [0, 0.1) is 5.92 Å². The summed E-state index contributed by atoms with van der Waals surface area (Å²) in [5.41, 5.74) is 1.17. The molecule has 2 heterocycles. The molecule has 0 spiro atoms. The number of hydrogen-bond acceptors (Lipinski definition) is 4. The molecule has 1 aromatic rings. The topological polar surface area (TPSA) is 37.4 Å². The lowest BCUT2D eigenvalue weighted by Crippen LogP contribution is -2.56. The van der Waals surface area contributed by atoms with Crippen molar-refractivity contribution in [3.05, 3.63) is 23.9 Å². The summed E-state index contributed by atoms with van der Waals surface area (Å²) < 4.78 is 5.34. The summed E-state index contributed by atoms with van der Waals surface area (Å²) in [4.78, 5) is 6.79. The maximum Gasteiger partial charge on any atom is 0.217 e. The van der Waals surface area contributed by atoms with Crippen LogP contribution in [0.3, 0.4) is 0 Å². The second-order valence-electron chi connectivity index (χ2n) is 5.71. The first-order valence-electron chi connectivity index (χ1n) is 7.07. The molecule has 4 nitrogen and oxygen atoms in total. The third-order valence-electron chi connectivity index (χ3n) is 3.95. The number of rotatable bonds is 4. The highest BCUT2D eigenvalue weighted by atomic mass is 16.5. The number of pyridine rings is 1. The molecule has 1 aromatic heterocycles. The highest BCUT2D eigenvalue weighted by molar-refractivity contribution is 5.25. The van der Waals surface area contributed by atoms with E-state index in [-0.39, 0.29) is 0 Å². The van der Waals surface area contributed by atoms with Crippen molar-refractivity contribution in [2.24, 2.45) is 5.92 Å². The van der Waals surface area contributed by atoms with Gasteiger partial charge in [0.15, 0.2) is 0 Å². The van der Waals surface area contributed by atoms with Crippen molar-refractivity contribution in [1.82, 2.24) is 15.2 Å². The van der Waals surface area contributed by atoms with Crippen molar-refractivity contribution >= 4 is 0 Å². The molecule has 0 radical (unpaired) electrons. The Morgan fingerprint density at radius 2 is 2.32 bits per heavy atom. The largest absolute Gasteiger partial charge is 0.481 e. The minimum atomic E-state index is 0.542. The van der Waals surface area contributed by atoms with Crippen LogP contribution in [0.2, 0.25) is 0 Å². The van der Waals surface area contributed by atoms with Crippen LogP contribution in [-0.4, -0.2) is 42.2 Å². The van der Waals surface area contributed by atoms with Gasteiger partial charge in [-0.05, 0) is 18.9 Å². The van der Waals surface area contributed by atoms with Gasteiger partial charge in [0.25, 0.3) is 0 Å². The smallest absolute Gasteiger partial charge is 0.217 e. The average Bonchev–Trinajstić information content (AvgIpc) is 2.41. The monoisotopic (exact) mass is 263 g/mol. The van der Waals surface area contributed by atoms with Gasteiger partial charge in [-0.3, -0.25) is 4.90 Å². The number of nitrogens with one attached hydrogen (secondary N) is 1. The second kappa shape index (κ2) is 6.35. The van der Waals surface area contributed by atoms with Crippen molar-refractivity contribution < 1.29 is 4.74 Å². The van der Waals surface area contributed by atoms with E-state index in [2.05, 4.69) is 42.0 Å². The van der Waals surface area contributed by atoms with Crippen molar-refractivity contribution in [3.8, 4) is 5.88 Å². The van der Waals surface area contributed by atoms with Gasteiger partial charge >= 0.3 is 0 Å². The lowest BCUT2D eigenvalue weighted by molar-refractivity contribution is 0.115. The van der Waals surface area contributed by atoms with Gasteiger partial charge in [-0.1, -0.05) is 19.9 Å². The summed E-state index contributed by atoms with van der Waals surface area (Å²) in [7, 11) is 1.68. The van der Waals surface area contributed by atoms with Gasteiger partial charge in [-0.25, -0.2) is 4.98 Å². The van der Waals surface area contributed by atoms with E-state index in [1.807, 2.05) is 6.07 Å². The fourth-order valence-electron chi connectivity index (χ4n) is 2.56. The molecule has 2 unspecified atom stereocenters. The third kappa shape index (κ3) is 3.45. The molecule has 0 bridgehead atoms. The highest BCUT2D eigenvalue weighted by Gasteiger charge is 2.27. The molecule has 0 saturated carbocycles. The summed E-state index contributed by atoms with van der Waals surface area (Å²) in [5, 5.41) is 3.62. The minimum Gasteiger partial charge on any atom is -0.481 e. The van der Waals surface area contributed by atoms with Gasteiger partial charge in [0.05, 0.1) is 7.11 Å². The molecular formula is C15H25N3O. The normalized spacial score (nSPS) is 24.7. The lowest BCUT2D eigenvalue weighted by atomic mass is 9.99. The molecule has 1 aliphatic rings. The zero-order valence-electron chi connectivity index (χ0n) is 12.4. The molecule has 0 aliphatic carbocycles. The third-order valence-corrected chi connectivity index (χ3v) is 3.95. The van der Waals surface area contributed by atoms with Crippen molar-refractivity contribution in [2.75, 3.05) is 20.2 Å². The first kappa shape index (κ1) is 14.3. The second-order valence-corrected chi connectivity index (χ2v) is 5.71. The number of ether oxygens (including phenoxy) is 1. The first-order chi connectivity index (χ1) is 9.11. The Hall–Kier alpha value is -1.13. The summed E-state index contributed by atoms with van der Waals surface area (Å²) in [5.74, 6) is 1.40. The predicted octanol–water partition coefficient (Wildman–Crippen LogP) is 1.91. The Bertz CT molecular complexity index is 408. The van der Waals surface area contributed by atoms with E-state index < -0.39 is 0 Å². The molecule has 1 N–H and O–H groups in total. The highest BCUT2D eigenvalue weighted by Crippen LogP contribution is 2.20. The molecule has 2 rings (SSSR count). The Balaban J connectivity index is 2.07. The SMILES string of the molecule is COc1ncccc1CN1CC(C(C)C)NCC1C. The molecule has 19 heavy (non-hydrogen) atoms. The molecule has 1 saturated heterocycles. The molecule has 0 amide bonds. The van der Waals surface area contributed by atoms with E-state index in [0.717, 1.165) is 25.5 Å². The van der Waals surface area contributed by atoms with Crippen molar-refractivity contribution in [1.29, 1.82) is 0 Å². The Morgan fingerprint density at radius 1 is 1.53 bits per heavy atom. The zero-order chi connectivity index (χ0) is 13.8. The van der Waals surface area contributed by atoms with Crippen LogP contribution in [0.25, 0.3) is 0 Å². The van der Waals surface area contributed by atoms with Crippen molar-refractivity contribution in [3.63, 3.8) is 0 Å². The van der Waals surface area contributed by atoms with Gasteiger partial charge < -0.3 is 10.1 Å². The Labute approximate surface area is 116 Å². The summed E-state index contributed by atoms with van der Waals surface area (Å²) in [6.45, 7) is 9.85. The fourth-order valence-corrected chi connectivity index (χ4v) is 2.56. The number of aromatic nitrogens is 1. The van der Waals surface area contributed by atoms with Gasteiger partial charge in [0, 0.05) is 43.5 Å². The van der Waals surface area contributed by atoms with Gasteiger partial charge in [0.2, 0.25) is 5.88 Å². The molecule has 106 valence electrons. The van der Waals surface area contributed by atoms with Crippen LogP contribution in [0.5, 0.6) is 5.88 Å². The number of nitrogens with zero attached hydrogens (tertiary/aromatic N) is 2. The van der Waals surface area contributed by atoms with Crippen LogP contribution in [0.15, 0.2) is 18.3 Å². The standard InChI is InChI=1S/C15H25N3O/c1-11(2)14-10-18(12(3)8-17-14)9-13-6-5-7-16-15(13)19-4/h5-7,11-12,14,17H,8-10H2,1-4H3. The van der Waals surface area contributed by atoms with Crippen LogP contribution >= 0.6 is 0 Å². The molecule has 1 aliphatic heterocycles. The fraction of sp³-hybridized carbons (Fsp3) is 0.667. The minimum absolute atomic E-state index is 0.542. The number of piperazine rings is 1. The first-order valence-corrected chi connectivity index (χ1v) is 7.07. The maximum absolute atomic E-state index is 5.34. The van der Waals surface area contributed by atoms with Gasteiger partial charge in [0.1, 0.15) is 0 Å². The number of hydrogen-bond donors (Lipinski definition) is 1. The molecular weight excluding hydrogens is 238 g/mol. The summed E-state index contributed by atoms with van der Waals surface area (Å²) in [6.07, 6.45) is 1.78. The molecule has 2 atom stereocenters. The Morgan fingerprint density at radius 3 is 3.00 bits per heavy atom. The van der Waals surface area contributed by atoms with Crippen molar-refractivity contribution in [2.45, 2.75) is 39.4 Å². The van der Waals surface area contributed by atoms with Crippen LogP contribution in [-0.2, 0) is 6.54 Å². The lowest BCUT2D eigenvalue weighted by Gasteiger charge is -2.40. The van der Waals surface area contributed by atoms with E-state index in [9.17, 15) is 0 Å². The number of methoxy groups -OCH3 is 1. The van der Waals surface area contributed by atoms with Crippen LogP contribution in [0.4, 0.5) is 0 Å². The van der Waals surface area contributed by atoms with E-state index >= 15 is 0 Å². The Kier molecular flexibility index (Phi) is 4.77.